The van der Waals surface area contributed by atoms with Crippen molar-refractivity contribution in [3.8, 4) is 11.3 Å². The van der Waals surface area contributed by atoms with Crippen LogP contribution in [0.5, 0.6) is 0 Å². The lowest BCUT2D eigenvalue weighted by Crippen LogP contribution is -2.16. The highest BCUT2D eigenvalue weighted by Crippen LogP contribution is 2.22. The first-order valence-corrected chi connectivity index (χ1v) is 8.99. The molecule has 0 aliphatic heterocycles. The minimum Gasteiger partial charge on any atom is -0.366 e. The SMILES string of the molecule is CC[C@@H](C)Nc1nc(NCc2cccc(C)c2)cc(-c2ccncc2)n1. The molecule has 2 N–H and O–H groups in total. The second-order valence-corrected chi connectivity index (χ2v) is 6.49. The Bertz CT molecular complexity index is 848. The Morgan fingerprint density at radius 2 is 1.85 bits per heavy atom. The van der Waals surface area contributed by atoms with Crippen molar-refractivity contribution in [3.05, 3.63) is 66.0 Å². The quantitative estimate of drug-likeness (QED) is 0.650. The predicted molar refractivity (Wildman–Crippen MR) is 107 cm³/mol. The van der Waals surface area contributed by atoms with Crippen LogP contribution in [0.4, 0.5) is 11.8 Å². The standard InChI is InChI=1S/C21H25N5/c1-4-16(3)24-21-25-19(18-8-10-22-11-9-18)13-20(26-21)23-14-17-7-5-6-15(2)12-17/h5-13,16H,4,14H2,1-3H3,(H2,23,24,25,26)/t16-/m1/s1. The summed E-state index contributed by atoms with van der Waals surface area (Å²) in [5.41, 5.74) is 4.38. The van der Waals surface area contributed by atoms with Gasteiger partial charge in [-0.15, -0.1) is 0 Å². The van der Waals surface area contributed by atoms with Gasteiger partial charge in [0.15, 0.2) is 0 Å². The molecule has 5 nitrogen and oxygen atoms in total. The van der Waals surface area contributed by atoms with Crippen molar-refractivity contribution < 1.29 is 0 Å². The number of rotatable bonds is 7. The minimum atomic E-state index is 0.312. The number of aromatic nitrogens is 3. The Balaban J connectivity index is 1.86. The van der Waals surface area contributed by atoms with Crippen LogP contribution in [0.1, 0.15) is 31.4 Å². The molecule has 0 radical (unpaired) electrons. The van der Waals surface area contributed by atoms with Crippen LogP contribution in [0.15, 0.2) is 54.9 Å². The summed E-state index contributed by atoms with van der Waals surface area (Å²) in [6.07, 6.45) is 4.56. The third kappa shape index (κ3) is 4.79. The van der Waals surface area contributed by atoms with Crippen LogP contribution in [0.2, 0.25) is 0 Å². The van der Waals surface area contributed by atoms with Gasteiger partial charge < -0.3 is 10.6 Å². The average Bonchev–Trinajstić information content (AvgIpc) is 2.67. The number of nitrogens with one attached hydrogen (secondary N) is 2. The first-order valence-electron chi connectivity index (χ1n) is 8.99. The molecule has 0 spiro atoms. The molecule has 0 aliphatic carbocycles. The van der Waals surface area contributed by atoms with Crippen LogP contribution in [0.25, 0.3) is 11.3 Å². The summed E-state index contributed by atoms with van der Waals surface area (Å²) in [7, 11) is 0. The van der Waals surface area contributed by atoms with Gasteiger partial charge in [0, 0.05) is 36.6 Å². The Kier molecular flexibility index (Phi) is 5.79. The summed E-state index contributed by atoms with van der Waals surface area (Å²) in [6.45, 7) is 7.09. The smallest absolute Gasteiger partial charge is 0.225 e. The Hall–Kier alpha value is -2.95. The number of pyridine rings is 1. The number of benzene rings is 1. The molecule has 5 heteroatoms. The van der Waals surface area contributed by atoms with Crippen molar-refractivity contribution in [2.24, 2.45) is 0 Å². The maximum Gasteiger partial charge on any atom is 0.225 e. The maximum atomic E-state index is 4.67. The molecule has 1 aromatic carbocycles. The Labute approximate surface area is 154 Å². The van der Waals surface area contributed by atoms with Crippen molar-refractivity contribution >= 4 is 11.8 Å². The summed E-state index contributed by atoms with van der Waals surface area (Å²) < 4.78 is 0. The zero-order chi connectivity index (χ0) is 18.4. The molecule has 0 saturated carbocycles. The van der Waals surface area contributed by atoms with Crippen molar-refractivity contribution in [3.63, 3.8) is 0 Å². The van der Waals surface area contributed by atoms with Crippen LogP contribution in [-0.2, 0) is 6.54 Å². The molecule has 2 heterocycles. The normalized spacial score (nSPS) is 11.8. The molecular formula is C21H25N5. The molecular weight excluding hydrogens is 322 g/mol. The Morgan fingerprint density at radius 1 is 1.04 bits per heavy atom. The second-order valence-electron chi connectivity index (χ2n) is 6.49. The number of hydrogen-bond donors (Lipinski definition) is 2. The number of hydrogen-bond acceptors (Lipinski definition) is 5. The lowest BCUT2D eigenvalue weighted by molar-refractivity contribution is 0.753. The zero-order valence-electron chi connectivity index (χ0n) is 15.5. The van der Waals surface area contributed by atoms with Gasteiger partial charge in [-0.3, -0.25) is 4.98 Å². The lowest BCUT2D eigenvalue weighted by Gasteiger charge is -2.14. The molecule has 3 aromatic rings. The summed E-state index contributed by atoms with van der Waals surface area (Å²) >= 11 is 0. The van der Waals surface area contributed by atoms with Crippen LogP contribution in [-0.4, -0.2) is 21.0 Å². The molecule has 134 valence electrons. The summed E-state index contributed by atoms with van der Waals surface area (Å²) in [5.74, 6) is 1.44. The summed E-state index contributed by atoms with van der Waals surface area (Å²) in [4.78, 5) is 13.4. The lowest BCUT2D eigenvalue weighted by atomic mass is 10.1. The topological polar surface area (TPSA) is 62.7 Å². The number of aryl methyl sites for hydroxylation is 1. The van der Waals surface area contributed by atoms with E-state index in [1.54, 1.807) is 12.4 Å². The van der Waals surface area contributed by atoms with Gasteiger partial charge in [0.2, 0.25) is 5.95 Å². The molecule has 2 aromatic heterocycles. The van der Waals surface area contributed by atoms with Gasteiger partial charge in [-0.2, -0.15) is 4.98 Å². The molecule has 0 unspecified atom stereocenters. The molecule has 3 rings (SSSR count). The van der Waals surface area contributed by atoms with E-state index in [2.05, 4.69) is 70.6 Å². The first kappa shape index (κ1) is 17.9. The van der Waals surface area contributed by atoms with E-state index >= 15 is 0 Å². The Morgan fingerprint density at radius 3 is 2.58 bits per heavy atom. The van der Waals surface area contributed by atoms with E-state index in [1.165, 1.54) is 11.1 Å². The predicted octanol–water partition coefficient (Wildman–Crippen LogP) is 4.67. The highest BCUT2D eigenvalue weighted by molar-refractivity contribution is 5.64. The number of nitrogens with zero attached hydrogens (tertiary/aromatic N) is 3. The van der Waals surface area contributed by atoms with Crippen molar-refractivity contribution in [2.75, 3.05) is 10.6 Å². The van der Waals surface area contributed by atoms with Crippen molar-refractivity contribution in [1.29, 1.82) is 0 Å². The van der Waals surface area contributed by atoms with Gasteiger partial charge in [0.1, 0.15) is 5.82 Å². The fourth-order valence-corrected chi connectivity index (χ4v) is 2.61. The van der Waals surface area contributed by atoms with E-state index < -0.39 is 0 Å². The third-order valence-corrected chi connectivity index (χ3v) is 4.25. The van der Waals surface area contributed by atoms with E-state index in [1.807, 2.05) is 18.2 Å². The van der Waals surface area contributed by atoms with Crippen LogP contribution in [0.3, 0.4) is 0 Å². The summed E-state index contributed by atoms with van der Waals surface area (Å²) in [5, 5.41) is 6.79. The van der Waals surface area contributed by atoms with Crippen molar-refractivity contribution in [2.45, 2.75) is 39.8 Å². The van der Waals surface area contributed by atoms with Gasteiger partial charge in [-0.1, -0.05) is 36.8 Å². The molecule has 1 atom stereocenters. The molecule has 0 bridgehead atoms. The van der Waals surface area contributed by atoms with Gasteiger partial charge >= 0.3 is 0 Å². The van der Waals surface area contributed by atoms with Crippen LogP contribution in [0, 0.1) is 6.92 Å². The minimum absolute atomic E-state index is 0.312. The van der Waals surface area contributed by atoms with Gasteiger partial charge in [0.05, 0.1) is 5.69 Å². The van der Waals surface area contributed by atoms with Gasteiger partial charge in [-0.05, 0) is 38.0 Å². The van der Waals surface area contributed by atoms with E-state index in [0.29, 0.717) is 12.0 Å². The van der Waals surface area contributed by atoms with Gasteiger partial charge in [-0.25, -0.2) is 4.98 Å². The monoisotopic (exact) mass is 347 g/mol. The zero-order valence-corrected chi connectivity index (χ0v) is 15.5. The van der Waals surface area contributed by atoms with E-state index in [-0.39, 0.29) is 0 Å². The van der Waals surface area contributed by atoms with Gasteiger partial charge in [0.25, 0.3) is 0 Å². The maximum absolute atomic E-state index is 4.67. The largest absolute Gasteiger partial charge is 0.366 e. The fraction of sp³-hybridized carbons (Fsp3) is 0.286. The number of anilines is 2. The highest BCUT2D eigenvalue weighted by atomic mass is 15.2. The molecule has 0 amide bonds. The highest BCUT2D eigenvalue weighted by Gasteiger charge is 2.09. The van der Waals surface area contributed by atoms with Crippen LogP contribution < -0.4 is 10.6 Å². The average molecular weight is 347 g/mol. The van der Waals surface area contributed by atoms with E-state index in [9.17, 15) is 0 Å². The molecule has 26 heavy (non-hydrogen) atoms. The second kappa shape index (κ2) is 8.43. The first-order chi connectivity index (χ1) is 12.6. The van der Waals surface area contributed by atoms with E-state index in [0.717, 1.165) is 30.0 Å². The molecule has 0 fully saturated rings. The molecule has 0 saturated heterocycles. The fourth-order valence-electron chi connectivity index (χ4n) is 2.61. The van der Waals surface area contributed by atoms with Crippen molar-refractivity contribution in [1.82, 2.24) is 15.0 Å². The summed E-state index contributed by atoms with van der Waals surface area (Å²) in [6, 6.07) is 14.7. The molecule has 0 aliphatic rings. The van der Waals surface area contributed by atoms with Crippen LogP contribution >= 0.6 is 0 Å². The third-order valence-electron chi connectivity index (χ3n) is 4.25. The van der Waals surface area contributed by atoms with E-state index in [4.69, 9.17) is 0 Å².